The zero-order chi connectivity index (χ0) is 5.54. The number of aromatic nitrogens is 1. The van der Waals surface area contributed by atoms with Crippen molar-refractivity contribution in [3.05, 3.63) is 24.5 Å². The van der Waals surface area contributed by atoms with Crippen molar-refractivity contribution in [3.8, 4) is 0 Å². The molecule has 0 fully saturated rings. The Morgan fingerprint density at radius 2 is 1.43 bits per heavy atom. The van der Waals surface area contributed by atoms with E-state index in [-0.39, 0.29) is 0 Å². The lowest BCUT2D eigenvalue weighted by Crippen LogP contribution is -2.02. The highest BCUT2D eigenvalue weighted by molar-refractivity contribution is 4.84. The van der Waals surface area contributed by atoms with E-state index in [0.717, 1.165) is 0 Å². The third kappa shape index (κ3) is 3.02. The van der Waals surface area contributed by atoms with Gasteiger partial charge in [-0.3, -0.25) is 11.7 Å². The zero-order valence-corrected chi connectivity index (χ0v) is 3.96. The van der Waals surface area contributed by atoms with Crippen LogP contribution in [0.2, 0.25) is 0 Å². The van der Waals surface area contributed by atoms with E-state index in [1.54, 1.807) is 0 Å². The molecule has 0 saturated carbocycles. The molecule has 0 aliphatic carbocycles. The van der Waals surface area contributed by atoms with Crippen LogP contribution in [0.1, 0.15) is 0 Å². The fourth-order valence-corrected chi connectivity index (χ4v) is 0.278. The van der Waals surface area contributed by atoms with Gasteiger partial charge in [0.15, 0.2) is 0 Å². The van der Waals surface area contributed by atoms with Crippen LogP contribution in [-0.2, 0) is 0 Å². The maximum Gasteiger partial charge on any atom is 0.000496 e. The molecule has 0 aromatic carbocycles. The molecule has 0 saturated heterocycles. The Kier molecular flexibility index (Phi) is 4.61. The molecule has 40 valence electrons. The van der Waals surface area contributed by atoms with Crippen molar-refractivity contribution < 1.29 is 0 Å². The molecule has 0 radical (unpaired) electrons. The van der Waals surface area contributed by atoms with Gasteiger partial charge in [0.1, 0.15) is 0 Å². The molecule has 3 heteroatoms. The molecule has 0 unspecified atom stereocenters. The van der Waals surface area contributed by atoms with E-state index >= 15 is 0 Å². The zero-order valence-electron chi connectivity index (χ0n) is 3.96. The summed E-state index contributed by atoms with van der Waals surface area (Å²) >= 11 is 0. The first-order valence-electron chi connectivity index (χ1n) is 1.91. The normalized spacial score (nSPS) is 6.57. The van der Waals surface area contributed by atoms with E-state index in [0.29, 0.717) is 0 Å². The monoisotopic (exact) mass is 99.1 g/mol. The second-order valence-electron chi connectivity index (χ2n) is 0.885. The molecular formula is C4H9N3. The van der Waals surface area contributed by atoms with Gasteiger partial charge < -0.3 is 4.98 Å². The van der Waals surface area contributed by atoms with Gasteiger partial charge in [0, 0.05) is 12.4 Å². The van der Waals surface area contributed by atoms with Crippen LogP contribution in [0.5, 0.6) is 0 Å². The van der Waals surface area contributed by atoms with Crippen LogP contribution in [-0.4, -0.2) is 4.98 Å². The third-order valence-corrected chi connectivity index (χ3v) is 0.496. The van der Waals surface area contributed by atoms with Crippen molar-refractivity contribution in [1.29, 1.82) is 0 Å². The van der Waals surface area contributed by atoms with Gasteiger partial charge in [0.2, 0.25) is 0 Å². The van der Waals surface area contributed by atoms with Crippen molar-refractivity contribution in [1.82, 2.24) is 4.98 Å². The van der Waals surface area contributed by atoms with E-state index in [1.165, 1.54) is 0 Å². The van der Waals surface area contributed by atoms with Crippen molar-refractivity contribution >= 4 is 0 Å². The van der Waals surface area contributed by atoms with Gasteiger partial charge in [-0.05, 0) is 12.1 Å². The Hall–Kier alpha value is -0.800. The molecule has 0 atom stereocenters. The van der Waals surface area contributed by atoms with Crippen LogP contribution in [0, 0.1) is 0 Å². The van der Waals surface area contributed by atoms with Crippen molar-refractivity contribution in [2.75, 3.05) is 0 Å². The summed E-state index contributed by atoms with van der Waals surface area (Å²) in [6.45, 7) is 0. The number of nitrogens with one attached hydrogen (secondary N) is 1. The Balaban J connectivity index is 0.000000162. The van der Waals surface area contributed by atoms with Crippen molar-refractivity contribution in [3.63, 3.8) is 0 Å². The van der Waals surface area contributed by atoms with Gasteiger partial charge in [-0.15, -0.1) is 0 Å². The van der Waals surface area contributed by atoms with E-state index in [1.807, 2.05) is 24.5 Å². The molecule has 0 aliphatic heterocycles. The van der Waals surface area contributed by atoms with E-state index < -0.39 is 0 Å². The molecule has 0 amide bonds. The quantitative estimate of drug-likeness (QED) is 0.312. The summed E-state index contributed by atoms with van der Waals surface area (Å²) in [6.07, 6.45) is 3.75. The lowest BCUT2D eigenvalue weighted by Gasteiger charge is -1.49. The summed E-state index contributed by atoms with van der Waals surface area (Å²) in [7, 11) is 0. The summed E-state index contributed by atoms with van der Waals surface area (Å²) in [4.78, 5) is 2.86. The highest BCUT2D eigenvalue weighted by atomic mass is 15.0. The van der Waals surface area contributed by atoms with Gasteiger partial charge in [-0.2, -0.15) is 0 Å². The molecule has 0 aliphatic rings. The highest BCUT2D eigenvalue weighted by Gasteiger charge is 1.55. The molecule has 5 N–H and O–H groups in total. The topological polar surface area (TPSA) is 67.8 Å². The molecule has 1 aromatic rings. The molecule has 1 rings (SSSR count). The van der Waals surface area contributed by atoms with Crippen molar-refractivity contribution in [2.24, 2.45) is 11.7 Å². The van der Waals surface area contributed by atoms with Gasteiger partial charge >= 0.3 is 0 Å². The number of aromatic amines is 1. The van der Waals surface area contributed by atoms with Crippen LogP contribution in [0.3, 0.4) is 0 Å². The molecule has 0 spiro atoms. The summed E-state index contributed by atoms with van der Waals surface area (Å²) in [5, 5.41) is 0. The van der Waals surface area contributed by atoms with Crippen LogP contribution in [0.15, 0.2) is 24.5 Å². The molecule has 0 bridgehead atoms. The predicted octanol–water partition coefficient (Wildman–Crippen LogP) is -0.167. The summed E-state index contributed by atoms with van der Waals surface area (Å²) in [5.74, 6) is 8.00. The summed E-state index contributed by atoms with van der Waals surface area (Å²) < 4.78 is 0. The van der Waals surface area contributed by atoms with Crippen LogP contribution in [0.4, 0.5) is 0 Å². The van der Waals surface area contributed by atoms with Gasteiger partial charge in [-0.25, -0.2) is 0 Å². The predicted molar refractivity (Wildman–Crippen MR) is 29.2 cm³/mol. The van der Waals surface area contributed by atoms with Gasteiger partial charge in [0.05, 0.1) is 0 Å². The number of hydrogen-bond donors (Lipinski definition) is 3. The van der Waals surface area contributed by atoms with E-state index in [9.17, 15) is 0 Å². The highest BCUT2D eigenvalue weighted by Crippen LogP contribution is 1.72. The Bertz CT molecular complexity index is 63.4. The van der Waals surface area contributed by atoms with E-state index in [4.69, 9.17) is 0 Å². The maximum absolute atomic E-state index is 4.00. The Labute approximate surface area is 42.3 Å². The number of hydrazine groups is 1. The van der Waals surface area contributed by atoms with Crippen molar-refractivity contribution in [2.45, 2.75) is 0 Å². The van der Waals surface area contributed by atoms with Crippen LogP contribution < -0.4 is 11.7 Å². The average molecular weight is 99.1 g/mol. The second-order valence-corrected chi connectivity index (χ2v) is 0.885. The minimum absolute atomic E-state index is 1.88. The minimum Gasteiger partial charge on any atom is -0.368 e. The first-order valence-corrected chi connectivity index (χ1v) is 1.91. The number of rotatable bonds is 0. The SMILES string of the molecule is NN.c1cc[nH]c1. The van der Waals surface area contributed by atoms with E-state index in [2.05, 4.69) is 16.7 Å². The molecule has 3 nitrogen and oxygen atoms in total. The minimum atomic E-state index is 1.88. The largest absolute Gasteiger partial charge is 0.368 e. The Morgan fingerprint density at radius 1 is 1.00 bits per heavy atom. The number of H-pyrrole nitrogens is 1. The molecule has 1 aromatic heterocycles. The Morgan fingerprint density at radius 3 is 1.57 bits per heavy atom. The standard InChI is InChI=1S/C4H5N.H4N2/c1-2-4-5-3-1;1-2/h1-5H;1-2H2. The van der Waals surface area contributed by atoms with Gasteiger partial charge in [0.25, 0.3) is 0 Å². The summed E-state index contributed by atoms with van der Waals surface area (Å²) in [6, 6.07) is 3.89. The number of hydrogen-bond acceptors (Lipinski definition) is 2. The smallest absolute Gasteiger partial charge is 0.000496 e. The number of nitrogens with two attached hydrogens (primary N) is 2. The lowest BCUT2D eigenvalue weighted by molar-refractivity contribution is 1.26. The molecule has 7 heavy (non-hydrogen) atoms. The third-order valence-electron chi connectivity index (χ3n) is 0.496. The second kappa shape index (κ2) is 5.20. The molecular weight excluding hydrogens is 90.1 g/mol. The lowest BCUT2D eigenvalue weighted by atomic mass is 10.7. The first kappa shape index (κ1) is 6.20. The molecule has 1 heterocycles. The average Bonchev–Trinajstić information content (AvgIpc) is 2.23. The fraction of sp³-hybridized carbons (Fsp3) is 0. The first-order chi connectivity index (χ1) is 3.50. The maximum atomic E-state index is 4.00. The van der Waals surface area contributed by atoms with Gasteiger partial charge in [-0.1, -0.05) is 0 Å². The van der Waals surface area contributed by atoms with Crippen LogP contribution >= 0.6 is 0 Å². The fourth-order valence-electron chi connectivity index (χ4n) is 0.278. The summed E-state index contributed by atoms with van der Waals surface area (Å²) in [5.41, 5.74) is 0. The van der Waals surface area contributed by atoms with Crippen LogP contribution in [0.25, 0.3) is 0 Å².